The van der Waals surface area contributed by atoms with Gasteiger partial charge in [0.05, 0.1) is 25.9 Å². The van der Waals surface area contributed by atoms with Crippen LogP contribution in [0.15, 0.2) is 18.2 Å². The number of rotatable bonds is 6. The number of ether oxygens (including phenoxy) is 3. The average Bonchev–Trinajstić information content (AvgIpc) is 2.37. The summed E-state index contributed by atoms with van der Waals surface area (Å²) in [7, 11) is 3.25. The van der Waals surface area contributed by atoms with Crippen molar-refractivity contribution in [2.24, 2.45) is 5.73 Å². The Balaban J connectivity index is 3.07. The van der Waals surface area contributed by atoms with E-state index in [1.807, 2.05) is 39.0 Å². The number of benzene rings is 1. The minimum absolute atomic E-state index is 0.249. The van der Waals surface area contributed by atoms with Crippen molar-refractivity contribution in [3.63, 3.8) is 0 Å². The maximum Gasteiger partial charge on any atom is 0.122 e. The highest BCUT2D eigenvalue weighted by atomic mass is 16.5. The van der Waals surface area contributed by atoms with Gasteiger partial charge < -0.3 is 19.9 Å². The lowest BCUT2D eigenvalue weighted by Crippen LogP contribution is -2.38. The Kier molecular flexibility index (Phi) is 4.99. The number of hydrogen-bond donors (Lipinski definition) is 1. The van der Waals surface area contributed by atoms with Crippen molar-refractivity contribution in [2.45, 2.75) is 32.4 Å². The molecule has 0 saturated carbocycles. The van der Waals surface area contributed by atoms with E-state index in [2.05, 4.69) is 0 Å². The first-order valence-electron chi connectivity index (χ1n) is 6.07. The van der Waals surface area contributed by atoms with Crippen molar-refractivity contribution in [1.82, 2.24) is 0 Å². The van der Waals surface area contributed by atoms with E-state index in [0.29, 0.717) is 6.61 Å². The van der Waals surface area contributed by atoms with Crippen molar-refractivity contribution in [3.05, 3.63) is 23.8 Å². The summed E-state index contributed by atoms with van der Waals surface area (Å²) in [5.74, 6) is 1.46. The van der Waals surface area contributed by atoms with Gasteiger partial charge in [-0.3, -0.25) is 0 Å². The van der Waals surface area contributed by atoms with Crippen molar-refractivity contribution in [3.8, 4) is 11.5 Å². The summed E-state index contributed by atoms with van der Waals surface area (Å²) in [5.41, 5.74) is 6.77. The van der Waals surface area contributed by atoms with Gasteiger partial charge in [0, 0.05) is 12.7 Å². The highest BCUT2D eigenvalue weighted by Gasteiger charge is 2.28. The molecule has 0 spiro atoms. The van der Waals surface area contributed by atoms with Gasteiger partial charge in [-0.1, -0.05) is 0 Å². The second-order valence-corrected chi connectivity index (χ2v) is 4.66. The Morgan fingerprint density at radius 1 is 1.11 bits per heavy atom. The standard InChI is InChI=1S/C14H23NO3/c1-6-18-14(2,3)13(15)10-7-11(16-4)9-12(8-10)17-5/h7-9,13H,6,15H2,1-5H3. The van der Waals surface area contributed by atoms with Crippen LogP contribution < -0.4 is 15.2 Å². The predicted octanol–water partition coefficient (Wildman–Crippen LogP) is 2.52. The van der Waals surface area contributed by atoms with Crippen LogP contribution in [0.5, 0.6) is 11.5 Å². The van der Waals surface area contributed by atoms with Crippen LogP contribution >= 0.6 is 0 Å². The molecule has 2 N–H and O–H groups in total. The molecule has 0 aliphatic rings. The molecular formula is C14H23NO3. The first-order valence-corrected chi connectivity index (χ1v) is 6.07. The highest BCUT2D eigenvalue weighted by Crippen LogP contribution is 2.32. The van der Waals surface area contributed by atoms with Gasteiger partial charge in [-0.15, -0.1) is 0 Å². The molecule has 1 atom stereocenters. The van der Waals surface area contributed by atoms with Gasteiger partial charge in [-0.2, -0.15) is 0 Å². The minimum atomic E-state index is -0.438. The smallest absolute Gasteiger partial charge is 0.122 e. The van der Waals surface area contributed by atoms with E-state index in [4.69, 9.17) is 19.9 Å². The van der Waals surface area contributed by atoms with Gasteiger partial charge in [0.15, 0.2) is 0 Å². The molecule has 102 valence electrons. The van der Waals surface area contributed by atoms with Gasteiger partial charge in [0.1, 0.15) is 11.5 Å². The molecule has 0 aliphatic heterocycles. The molecule has 1 rings (SSSR count). The van der Waals surface area contributed by atoms with Crippen molar-refractivity contribution in [1.29, 1.82) is 0 Å². The van der Waals surface area contributed by atoms with Crippen LogP contribution in [0.1, 0.15) is 32.4 Å². The van der Waals surface area contributed by atoms with Crippen LogP contribution in [0.4, 0.5) is 0 Å². The summed E-state index contributed by atoms with van der Waals surface area (Å²) in [6.45, 7) is 6.54. The third-order valence-electron chi connectivity index (χ3n) is 3.00. The third kappa shape index (κ3) is 3.37. The quantitative estimate of drug-likeness (QED) is 0.846. The van der Waals surface area contributed by atoms with E-state index < -0.39 is 5.60 Å². The van der Waals surface area contributed by atoms with Crippen LogP contribution in [-0.4, -0.2) is 26.4 Å². The summed E-state index contributed by atoms with van der Waals surface area (Å²) in [6, 6.07) is 5.40. The second kappa shape index (κ2) is 6.07. The predicted molar refractivity (Wildman–Crippen MR) is 72.2 cm³/mol. The van der Waals surface area contributed by atoms with Crippen molar-refractivity contribution in [2.75, 3.05) is 20.8 Å². The molecule has 0 bridgehead atoms. The normalized spacial score (nSPS) is 13.2. The molecule has 4 heteroatoms. The zero-order chi connectivity index (χ0) is 13.8. The topological polar surface area (TPSA) is 53.7 Å². The molecule has 0 heterocycles. The maximum atomic E-state index is 6.27. The fourth-order valence-corrected chi connectivity index (χ4v) is 1.87. The van der Waals surface area contributed by atoms with Crippen molar-refractivity contribution >= 4 is 0 Å². The molecule has 0 aliphatic carbocycles. The molecule has 18 heavy (non-hydrogen) atoms. The highest BCUT2D eigenvalue weighted by molar-refractivity contribution is 5.40. The van der Waals surface area contributed by atoms with Crippen LogP contribution in [0.25, 0.3) is 0 Å². The monoisotopic (exact) mass is 253 g/mol. The van der Waals surface area contributed by atoms with Crippen LogP contribution in [-0.2, 0) is 4.74 Å². The van der Waals surface area contributed by atoms with Crippen molar-refractivity contribution < 1.29 is 14.2 Å². The lowest BCUT2D eigenvalue weighted by Gasteiger charge is -2.32. The summed E-state index contributed by atoms with van der Waals surface area (Å²) in [5, 5.41) is 0. The number of nitrogens with two attached hydrogens (primary N) is 1. The minimum Gasteiger partial charge on any atom is -0.497 e. The molecule has 0 amide bonds. The molecule has 1 aromatic rings. The molecule has 0 fully saturated rings. The molecule has 1 aromatic carbocycles. The largest absolute Gasteiger partial charge is 0.497 e. The molecule has 4 nitrogen and oxygen atoms in total. The van der Waals surface area contributed by atoms with Gasteiger partial charge in [0.25, 0.3) is 0 Å². The molecule has 0 radical (unpaired) electrons. The van der Waals surface area contributed by atoms with E-state index in [0.717, 1.165) is 17.1 Å². The molecule has 1 unspecified atom stereocenters. The first kappa shape index (κ1) is 14.8. The summed E-state index contributed by atoms with van der Waals surface area (Å²) < 4.78 is 16.2. The van der Waals surface area contributed by atoms with Gasteiger partial charge in [-0.05, 0) is 38.5 Å². The zero-order valence-electron chi connectivity index (χ0n) is 11.8. The molecule has 0 saturated heterocycles. The van der Waals surface area contributed by atoms with Gasteiger partial charge in [-0.25, -0.2) is 0 Å². The van der Waals surface area contributed by atoms with E-state index in [9.17, 15) is 0 Å². The lowest BCUT2D eigenvalue weighted by atomic mass is 9.92. The third-order valence-corrected chi connectivity index (χ3v) is 3.00. The first-order chi connectivity index (χ1) is 8.44. The molecule has 0 aromatic heterocycles. The van der Waals surface area contributed by atoms with E-state index in [1.165, 1.54) is 0 Å². The fourth-order valence-electron chi connectivity index (χ4n) is 1.87. The van der Waals surface area contributed by atoms with E-state index in [-0.39, 0.29) is 6.04 Å². The summed E-state index contributed by atoms with van der Waals surface area (Å²) in [4.78, 5) is 0. The number of hydrogen-bond acceptors (Lipinski definition) is 4. The Bertz CT molecular complexity index is 368. The zero-order valence-corrected chi connectivity index (χ0v) is 11.8. The maximum absolute atomic E-state index is 6.27. The second-order valence-electron chi connectivity index (χ2n) is 4.66. The molecular weight excluding hydrogens is 230 g/mol. The Hall–Kier alpha value is -1.26. The van der Waals surface area contributed by atoms with Gasteiger partial charge >= 0.3 is 0 Å². The summed E-state index contributed by atoms with van der Waals surface area (Å²) in [6.07, 6.45) is 0. The van der Waals surface area contributed by atoms with Crippen LogP contribution in [0, 0.1) is 0 Å². The van der Waals surface area contributed by atoms with Crippen LogP contribution in [0.3, 0.4) is 0 Å². The number of methoxy groups -OCH3 is 2. The lowest BCUT2D eigenvalue weighted by molar-refractivity contribution is -0.0298. The average molecular weight is 253 g/mol. The Labute approximate surface area is 109 Å². The van der Waals surface area contributed by atoms with Crippen LogP contribution in [0.2, 0.25) is 0 Å². The Morgan fingerprint density at radius 2 is 1.61 bits per heavy atom. The SMILES string of the molecule is CCOC(C)(C)C(N)c1cc(OC)cc(OC)c1. The summed E-state index contributed by atoms with van der Waals surface area (Å²) >= 11 is 0. The van der Waals surface area contributed by atoms with E-state index in [1.54, 1.807) is 14.2 Å². The Morgan fingerprint density at radius 3 is 2.00 bits per heavy atom. The van der Waals surface area contributed by atoms with E-state index >= 15 is 0 Å². The fraction of sp³-hybridized carbons (Fsp3) is 0.571. The van der Waals surface area contributed by atoms with Gasteiger partial charge in [0.2, 0.25) is 0 Å².